The average molecular weight is 477 g/mol. The number of carbonyl (C=O) groups excluding carboxylic acids is 3. The maximum Gasteiger partial charge on any atom is 0.256 e. The summed E-state index contributed by atoms with van der Waals surface area (Å²) in [6.07, 6.45) is 3.19. The lowest BCUT2D eigenvalue weighted by Crippen LogP contribution is -2.50. The van der Waals surface area contributed by atoms with Gasteiger partial charge in [-0.1, -0.05) is 44.2 Å². The highest BCUT2D eigenvalue weighted by atomic mass is 16.2. The standard InChI is InChI=1S/C28H36N4O3/c1-3-23(21-10-6-5-7-11-21)27(34)32-18-16-30(17-19-32)25-13-12-22(29-26(33)4-2)20-24(25)28(35)31-14-8-9-15-31/h5-7,10-13,20,23H,3-4,8-9,14-19H2,1-2H3,(H,29,33). The molecule has 2 aliphatic rings. The van der Waals surface area contributed by atoms with Crippen LogP contribution in [0.4, 0.5) is 11.4 Å². The molecule has 0 bridgehead atoms. The van der Waals surface area contributed by atoms with Gasteiger partial charge in [0.2, 0.25) is 11.8 Å². The Kier molecular flexibility index (Phi) is 8.06. The molecule has 7 nitrogen and oxygen atoms in total. The lowest BCUT2D eigenvalue weighted by molar-refractivity contribution is -0.133. The van der Waals surface area contributed by atoms with E-state index in [0.717, 1.165) is 43.6 Å². The van der Waals surface area contributed by atoms with E-state index in [1.165, 1.54) is 0 Å². The fourth-order valence-electron chi connectivity index (χ4n) is 5.03. The molecule has 2 fully saturated rings. The molecule has 7 heteroatoms. The zero-order chi connectivity index (χ0) is 24.8. The Morgan fingerprint density at radius 3 is 2.17 bits per heavy atom. The normalized spacial score (nSPS) is 16.8. The van der Waals surface area contributed by atoms with Gasteiger partial charge in [-0.25, -0.2) is 0 Å². The molecule has 186 valence electrons. The first-order chi connectivity index (χ1) is 17.0. The van der Waals surface area contributed by atoms with Gasteiger partial charge in [0.25, 0.3) is 5.91 Å². The minimum atomic E-state index is -0.128. The van der Waals surface area contributed by atoms with Crippen LogP contribution in [0.1, 0.15) is 61.4 Å². The first kappa shape index (κ1) is 24.8. The number of nitrogens with one attached hydrogen (secondary N) is 1. The van der Waals surface area contributed by atoms with Gasteiger partial charge in [0.1, 0.15) is 0 Å². The number of benzene rings is 2. The first-order valence-electron chi connectivity index (χ1n) is 12.8. The second-order valence-electron chi connectivity index (χ2n) is 9.32. The molecule has 2 aromatic rings. The van der Waals surface area contributed by atoms with E-state index < -0.39 is 0 Å². The summed E-state index contributed by atoms with van der Waals surface area (Å²) in [7, 11) is 0. The molecule has 1 atom stereocenters. The van der Waals surface area contributed by atoms with Gasteiger partial charge < -0.3 is 20.0 Å². The maximum absolute atomic E-state index is 13.4. The predicted octanol–water partition coefficient (Wildman–Crippen LogP) is 4.11. The number of amides is 3. The van der Waals surface area contributed by atoms with Crippen LogP contribution in [-0.4, -0.2) is 66.8 Å². The summed E-state index contributed by atoms with van der Waals surface area (Å²) >= 11 is 0. The van der Waals surface area contributed by atoms with Crippen LogP contribution >= 0.6 is 0 Å². The highest BCUT2D eigenvalue weighted by Gasteiger charge is 2.30. The molecule has 0 aromatic heterocycles. The Hall–Kier alpha value is -3.35. The largest absolute Gasteiger partial charge is 0.367 e. The second-order valence-corrected chi connectivity index (χ2v) is 9.32. The first-order valence-corrected chi connectivity index (χ1v) is 12.8. The molecule has 35 heavy (non-hydrogen) atoms. The third-order valence-electron chi connectivity index (χ3n) is 7.07. The van der Waals surface area contributed by atoms with Crippen LogP contribution in [0, 0.1) is 0 Å². The van der Waals surface area contributed by atoms with Crippen molar-refractivity contribution in [1.29, 1.82) is 0 Å². The van der Waals surface area contributed by atoms with Gasteiger partial charge in [-0.15, -0.1) is 0 Å². The van der Waals surface area contributed by atoms with Crippen molar-refractivity contribution in [1.82, 2.24) is 9.80 Å². The number of piperazine rings is 1. The molecular weight excluding hydrogens is 440 g/mol. The molecule has 0 spiro atoms. The van der Waals surface area contributed by atoms with Crippen molar-refractivity contribution in [2.75, 3.05) is 49.5 Å². The summed E-state index contributed by atoms with van der Waals surface area (Å²) in [6, 6.07) is 15.6. The Bertz CT molecular complexity index is 1040. The van der Waals surface area contributed by atoms with E-state index in [9.17, 15) is 14.4 Å². The van der Waals surface area contributed by atoms with Crippen molar-refractivity contribution in [2.45, 2.75) is 45.4 Å². The van der Waals surface area contributed by atoms with E-state index in [1.807, 2.05) is 65.3 Å². The molecule has 2 aromatic carbocycles. The summed E-state index contributed by atoms with van der Waals surface area (Å²) in [5.74, 6) is -0.0204. The van der Waals surface area contributed by atoms with Crippen molar-refractivity contribution >= 4 is 29.1 Å². The van der Waals surface area contributed by atoms with Gasteiger partial charge in [0, 0.05) is 57.1 Å². The molecular formula is C28H36N4O3. The second kappa shape index (κ2) is 11.4. The van der Waals surface area contributed by atoms with Crippen LogP contribution in [-0.2, 0) is 9.59 Å². The fraction of sp³-hybridized carbons (Fsp3) is 0.464. The van der Waals surface area contributed by atoms with Crippen LogP contribution in [0.2, 0.25) is 0 Å². The van der Waals surface area contributed by atoms with E-state index in [2.05, 4.69) is 17.1 Å². The zero-order valence-corrected chi connectivity index (χ0v) is 20.8. The number of hydrogen-bond donors (Lipinski definition) is 1. The van der Waals surface area contributed by atoms with Gasteiger partial charge in [-0.3, -0.25) is 14.4 Å². The quantitative estimate of drug-likeness (QED) is 0.653. The Morgan fingerprint density at radius 1 is 0.857 bits per heavy atom. The Labute approximate surface area is 208 Å². The fourth-order valence-corrected chi connectivity index (χ4v) is 5.03. The predicted molar refractivity (Wildman–Crippen MR) is 139 cm³/mol. The molecule has 2 heterocycles. The highest BCUT2D eigenvalue weighted by Crippen LogP contribution is 2.29. The maximum atomic E-state index is 13.4. The third kappa shape index (κ3) is 5.66. The van der Waals surface area contributed by atoms with Crippen molar-refractivity contribution < 1.29 is 14.4 Å². The van der Waals surface area contributed by atoms with Crippen LogP contribution in [0.15, 0.2) is 48.5 Å². The van der Waals surface area contributed by atoms with Crippen molar-refractivity contribution in [3.05, 3.63) is 59.7 Å². The molecule has 0 aliphatic carbocycles. The monoisotopic (exact) mass is 476 g/mol. The lowest BCUT2D eigenvalue weighted by atomic mass is 9.94. The molecule has 0 radical (unpaired) electrons. The molecule has 0 saturated carbocycles. The molecule has 2 aliphatic heterocycles. The topological polar surface area (TPSA) is 73.0 Å². The van der Waals surface area contributed by atoms with E-state index in [1.54, 1.807) is 0 Å². The Balaban J connectivity index is 1.50. The van der Waals surface area contributed by atoms with E-state index >= 15 is 0 Å². The Morgan fingerprint density at radius 2 is 1.54 bits per heavy atom. The summed E-state index contributed by atoms with van der Waals surface area (Å²) in [4.78, 5) is 44.7. The van der Waals surface area contributed by atoms with E-state index in [-0.39, 0.29) is 23.6 Å². The molecule has 1 unspecified atom stereocenters. The zero-order valence-electron chi connectivity index (χ0n) is 20.8. The molecule has 1 N–H and O–H groups in total. The highest BCUT2D eigenvalue weighted by molar-refractivity contribution is 6.02. The number of anilines is 2. The van der Waals surface area contributed by atoms with Crippen molar-refractivity contribution in [2.24, 2.45) is 0 Å². The van der Waals surface area contributed by atoms with Gasteiger partial charge in [-0.2, -0.15) is 0 Å². The molecule has 4 rings (SSSR count). The minimum Gasteiger partial charge on any atom is -0.367 e. The summed E-state index contributed by atoms with van der Waals surface area (Å²) < 4.78 is 0. The van der Waals surface area contributed by atoms with Crippen LogP contribution in [0.25, 0.3) is 0 Å². The minimum absolute atomic E-state index is 0.0127. The van der Waals surface area contributed by atoms with Crippen molar-refractivity contribution in [3.63, 3.8) is 0 Å². The van der Waals surface area contributed by atoms with Gasteiger partial charge in [-0.05, 0) is 43.0 Å². The van der Waals surface area contributed by atoms with Gasteiger partial charge >= 0.3 is 0 Å². The molecule has 2 saturated heterocycles. The van der Waals surface area contributed by atoms with E-state index in [4.69, 9.17) is 0 Å². The third-order valence-corrected chi connectivity index (χ3v) is 7.07. The van der Waals surface area contributed by atoms with Crippen LogP contribution in [0.3, 0.4) is 0 Å². The SMILES string of the molecule is CCC(=O)Nc1ccc(N2CCN(C(=O)C(CC)c3ccccc3)CC2)c(C(=O)N2CCCC2)c1. The van der Waals surface area contributed by atoms with Crippen LogP contribution in [0.5, 0.6) is 0 Å². The van der Waals surface area contributed by atoms with Crippen LogP contribution < -0.4 is 10.2 Å². The summed E-state index contributed by atoms with van der Waals surface area (Å²) in [6.45, 7) is 7.97. The number of likely N-dealkylation sites (tertiary alicyclic amines) is 1. The summed E-state index contributed by atoms with van der Waals surface area (Å²) in [5, 5.41) is 2.88. The number of carbonyl (C=O) groups is 3. The number of nitrogens with zero attached hydrogens (tertiary/aromatic N) is 3. The van der Waals surface area contributed by atoms with Gasteiger partial charge in [0.15, 0.2) is 0 Å². The van der Waals surface area contributed by atoms with Gasteiger partial charge in [0.05, 0.1) is 11.5 Å². The smallest absolute Gasteiger partial charge is 0.256 e. The number of rotatable bonds is 7. The lowest BCUT2D eigenvalue weighted by Gasteiger charge is -2.38. The van der Waals surface area contributed by atoms with E-state index in [0.29, 0.717) is 43.9 Å². The van der Waals surface area contributed by atoms with Crippen molar-refractivity contribution in [3.8, 4) is 0 Å². The average Bonchev–Trinajstić information content (AvgIpc) is 3.44. The summed E-state index contributed by atoms with van der Waals surface area (Å²) in [5.41, 5.74) is 3.20. The number of hydrogen-bond acceptors (Lipinski definition) is 4. The molecule has 3 amide bonds.